The summed E-state index contributed by atoms with van der Waals surface area (Å²) >= 11 is 0. The smallest absolute Gasteiger partial charge is 0.253 e. The Labute approximate surface area is 150 Å². The van der Waals surface area contributed by atoms with Gasteiger partial charge in [0.1, 0.15) is 22.9 Å². The standard InChI is InChI=1S/C20H20N2O4/c1-11-9-14(7-8-16(11)23)22-18-17(19(24)20(18)25)21-12(2)13-5-4-6-15(10-13)26-3/h4-10,12,21-23H,1-3H3/t12-/m1/s1. The molecule has 1 atom stereocenters. The molecule has 0 saturated heterocycles. The summed E-state index contributed by atoms with van der Waals surface area (Å²) in [5.41, 5.74) is 1.63. The predicted molar refractivity (Wildman–Crippen MR) is 103 cm³/mol. The lowest BCUT2D eigenvalue weighted by Gasteiger charge is -2.20. The van der Waals surface area contributed by atoms with E-state index in [0.29, 0.717) is 11.3 Å². The third kappa shape index (κ3) is 3.26. The number of nitrogens with one attached hydrogen (secondary N) is 2. The fourth-order valence-electron chi connectivity index (χ4n) is 2.74. The first-order chi connectivity index (χ1) is 12.4. The molecule has 0 saturated carbocycles. The van der Waals surface area contributed by atoms with E-state index in [0.717, 1.165) is 11.3 Å². The molecule has 3 N–H and O–H groups in total. The maximum Gasteiger partial charge on any atom is 0.253 e. The number of hydrogen-bond acceptors (Lipinski definition) is 6. The first kappa shape index (κ1) is 17.5. The lowest BCUT2D eigenvalue weighted by atomic mass is 10.1. The molecule has 0 aliphatic rings. The molecule has 6 nitrogen and oxygen atoms in total. The zero-order chi connectivity index (χ0) is 18.8. The van der Waals surface area contributed by atoms with Crippen LogP contribution < -0.4 is 26.2 Å². The quantitative estimate of drug-likeness (QED) is 0.466. The van der Waals surface area contributed by atoms with E-state index in [1.165, 1.54) is 6.07 Å². The summed E-state index contributed by atoms with van der Waals surface area (Å²) in [6, 6.07) is 12.2. The van der Waals surface area contributed by atoms with E-state index in [9.17, 15) is 14.7 Å². The number of aryl methyl sites for hydroxylation is 1. The molecule has 0 fully saturated rings. The lowest BCUT2D eigenvalue weighted by molar-refractivity contribution is 0.414. The zero-order valence-corrected chi connectivity index (χ0v) is 14.8. The Morgan fingerprint density at radius 3 is 2.46 bits per heavy atom. The van der Waals surface area contributed by atoms with Gasteiger partial charge in [-0.2, -0.15) is 0 Å². The molecule has 0 unspecified atom stereocenters. The van der Waals surface area contributed by atoms with Gasteiger partial charge in [-0.05, 0) is 55.3 Å². The summed E-state index contributed by atoms with van der Waals surface area (Å²) in [5.74, 6) is 0.893. The molecule has 26 heavy (non-hydrogen) atoms. The zero-order valence-electron chi connectivity index (χ0n) is 14.8. The summed E-state index contributed by atoms with van der Waals surface area (Å²) in [4.78, 5) is 24.0. The van der Waals surface area contributed by atoms with E-state index in [2.05, 4.69) is 10.6 Å². The van der Waals surface area contributed by atoms with Crippen LogP contribution in [0.3, 0.4) is 0 Å². The van der Waals surface area contributed by atoms with Crippen LogP contribution in [0.25, 0.3) is 0 Å². The van der Waals surface area contributed by atoms with Gasteiger partial charge < -0.3 is 20.5 Å². The van der Waals surface area contributed by atoms with Crippen molar-refractivity contribution in [3.8, 4) is 11.5 Å². The van der Waals surface area contributed by atoms with E-state index >= 15 is 0 Å². The van der Waals surface area contributed by atoms with Crippen molar-refractivity contribution in [2.24, 2.45) is 0 Å². The molecule has 0 heterocycles. The molecule has 3 aromatic carbocycles. The average Bonchev–Trinajstić information content (AvgIpc) is 2.66. The first-order valence-corrected chi connectivity index (χ1v) is 8.21. The third-order valence-electron chi connectivity index (χ3n) is 4.33. The van der Waals surface area contributed by atoms with Crippen molar-refractivity contribution < 1.29 is 9.84 Å². The number of ether oxygens (including phenoxy) is 1. The van der Waals surface area contributed by atoms with E-state index in [-0.39, 0.29) is 23.2 Å². The molecule has 0 aromatic heterocycles. The van der Waals surface area contributed by atoms with Gasteiger partial charge in [-0.25, -0.2) is 0 Å². The summed E-state index contributed by atoms with van der Waals surface area (Å²) in [5, 5.41) is 15.7. The number of hydrogen-bond donors (Lipinski definition) is 3. The Morgan fingerprint density at radius 1 is 1.04 bits per heavy atom. The van der Waals surface area contributed by atoms with Gasteiger partial charge in [-0.15, -0.1) is 0 Å². The van der Waals surface area contributed by atoms with Gasteiger partial charge in [0.15, 0.2) is 0 Å². The highest BCUT2D eigenvalue weighted by Crippen LogP contribution is 2.28. The summed E-state index contributed by atoms with van der Waals surface area (Å²) in [6.45, 7) is 3.66. The van der Waals surface area contributed by atoms with Crippen molar-refractivity contribution in [1.29, 1.82) is 0 Å². The van der Waals surface area contributed by atoms with E-state index < -0.39 is 10.9 Å². The highest BCUT2D eigenvalue weighted by molar-refractivity contribution is 5.79. The average molecular weight is 352 g/mol. The van der Waals surface area contributed by atoms with E-state index in [1.54, 1.807) is 26.2 Å². The van der Waals surface area contributed by atoms with Crippen LogP contribution in [0, 0.1) is 6.92 Å². The largest absolute Gasteiger partial charge is 0.508 e. The number of phenols is 1. The Kier molecular flexibility index (Phi) is 4.67. The normalized spacial score (nSPS) is 12.0. The number of aromatic hydroxyl groups is 1. The van der Waals surface area contributed by atoms with Crippen molar-refractivity contribution in [3.05, 3.63) is 74.0 Å². The Balaban J connectivity index is 1.83. The monoisotopic (exact) mass is 352 g/mol. The molecule has 0 radical (unpaired) electrons. The van der Waals surface area contributed by atoms with Gasteiger partial charge in [0, 0.05) is 11.7 Å². The van der Waals surface area contributed by atoms with Crippen LogP contribution in [-0.2, 0) is 0 Å². The maximum atomic E-state index is 12.0. The minimum absolute atomic E-state index is 0.172. The molecule has 3 aromatic rings. The van der Waals surface area contributed by atoms with Crippen molar-refractivity contribution in [1.82, 2.24) is 0 Å². The minimum atomic E-state index is -0.559. The molecule has 134 valence electrons. The molecule has 6 heteroatoms. The van der Waals surface area contributed by atoms with E-state index in [1.807, 2.05) is 31.2 Å². The summed E-state index contributed by atoms with van der Waals surface area (Å²) < 4.78 is 5.22. The van der Waals surface area contributed by atoms with Crippen LogP contribution in [0.1, 0.15) is 24.1 Å². The number of anilines is 3. The van der Waals surface area contributed by atoms with Crippen LogP contribution in [0.15, 0.2) is 52.1 Å². The van der Waals surface area contributed by atoms with Crippen molar-refractivity contribution in [2.45, 2.75) is 19.9 Å². The molecule has 0 aliphatic carbocycles. The fourth-order valence-corrected chi connectivity index (χ4v) is 2.74. The highest BCUT2D eigenvalue weighted by Gasteiger charge is 2.23. The predicted octanol–water partition coefficient (Wildman–Crippen LogP) is 3.22. The highest BCUT2D eigenvalue weighted by atomic mass is 16.5. The van der Waals surface area contributed by atoms with Crippen molar-refractivity contribution in [2.75, 3.05) is 17.7 Å². The number of methoxy groups -OCH3 is 1. The topological polar surface area (TPSA) is 87.7 Å². The Bertz CT molecular complexity index is 1020. The molecular weight excluding hydrogens is 332 g/mol. The van der Waals surface area contributed by atoms with Gasteiger partial charge in [-0.1, -0.05) is 12.1 Å². The first-order valence-electron chi connectivity index (χ1n) is 8.21. The second-order valence-electron chi connectivity index (χ2n) is 6.18. The van der Waals surface area contributed by atoms with Crippen LogP contribution in [0.4, 0.5) is 17.1 Å². The van der Waals surface area contributed by atoms with Gasteiger partial charge in [0.25, 0.3) is 10.9 Å². The molecule has 0 aliphatic heterocycles. The number of rotatable bonds is 6. The second-order valence-corrected chi connectivity index (χ2v) is 6.18. The van der Waals surface area contributed by atoms with E-state index in [4.69, 9.17) is 4.74 Å². The summed E-state index contributed by atoms with van der Waals surface area (Å²) in [6.07, 6.45) is 0. The van der Waals surface area contributed by atoms with Crippen LogP contribution in [-0.4, -0.2) is 12.2 Å². The minimum Gasteiger partial charge on any atom is -0.508 e. The van der Waals surface area contributed by atoms with Crippen molar-refractivity contribution >= 4 is 17.1 Å². The Hall–Kier alpha value is -3.28. The molecular formula is C20H20N2O4. The Morgan fingerprint density at radius 2 is 1.77 bits per heavy atom. The number of phenolic OH excluding ortho intramolecular Hbond substituents is 1. The van der Waals surface area contributed by atoms with Gasteiger partial charge >= 0.3 is 0 Å². The molecule has 3 rings (SSSR count). The number of benzene rings is 2. The van der Waals surface area contributed by atoms with Crippen LogP contribution in [0.2, 0.25) is 0 Å². The molecule has 0 bridgehead atoms. The van der Waals surface area contributed by atoms with Crippen molar-refractivity contribution in [3.63, 3.8) is 0 Å². The SMILES string of the molecule is COc1cccc([C@@H](C)Nc2c(Nc3ccc(O)c(C)c3)c(=O)c2=O)c1. The molecule has 0 spiro atoms. The molecule has 0 amide bonds. The second kappa shape index (κ2) is 6.92. The maximum absolute atomic E-state index is 12.0. The van der Waals surface area contributed by atoms with Crippen LogP contribution >= 0.6 is 0 Å². The fraction of sp³-hybridized carbons (Fsp3) is 0.200. The van der Waals surface area contributed by atoms with Gasteiger partial charge in [0.05, 0.1) is 7.11 Å². The van der Waals surface area contributed by atoms with Crippen LogP contribution in [0.5, 0.6) is 11.5 Å². The lowest BCUT2D eigenvalue weighted by Crippen LogP contribution is -2.37. The van der Waals surface area contributed by atoms with Gasteiger partial charge in [0.2, 0.25) is 0 Å². The third-order valence-corrected chi connectivity index (χ3v) is 4.33. The summed E-state index contributed by atoms with van der Waals surface area (Å²) in [7, 11) is 1.59. The van der Waals surface area contributed by atoms with Gasteiger partial charge in [-0.3, -0.25) is 9.59 Å².